The number of halogens is 3. The largest absolute Gasteiger partial charge is 0.450 e. The first kappa shape index (κ1) is 23.6. The van der Waals surface area contributed by atoms with E-state index in [9.17, 15) is 22.0 Å². The molecule has 0 radical (unpaired) electrons. The Hall–Kier alpha value is -2.08. The topological polar surface area (TPSA) is 83.0 Å². The molecule has 12 heteroatoms. The number of sulfone groups is 1. The van der Waals surface area contributed by atoms with Gasteiger partial charge in [-0.3, -0.25) is 4.90 Å². The molecule has 2 aliphatic rings. The quantitative estimate of drug-likeness (QED) is 0.596. The molecular formula is C19H27F3N4O4S. The summed E-state index contributed by atoms with van der Waals surface area (Å²) in [7, 11) is -4.45. The van der Waals surface area contributed by atoms with Crippen LogP contribution in [-0.2, 0) is 14.6 Å². The van der Waals surface area contributed by atoms with E-state index in [1.165, 1.54) is 9.80 Å². The van der Waals surface area contributed by atoms with Crippen molar-refractivity contribution in [3.8, 4) is 0 Å². The molecule has 0 spiro atoms. The van der Waals surface area contributed by atoms with E-state index in [4.69, 9.17) is 4.74 Å². The number of anilines is 1. The van der Waals surface area contributed by atoms with E-state index in [-0.39, 0.29) is 13.2 Å². The van der Waals surface area contributed by atoms with Crippen molar-refractivity contribution in [3.05, 3.63) is 17.6 Å². The molecule has 2 saturated heterocycles. The monoisotopic (exact) mass is 464 g/mol. The van der Waals surface area contributed by atoms with Crippen LogP contribution in [0.25, 0.3) is 0 Å². The zero-order valence-electron chi connectivity index (χ0n) is 17.4. The summed E-state index contributed by atoms with van der Waals surface area (Å²) in [6.45, 7) is 4.26. The van der Waals surface area contributed by atoms with E-state index >= 15 is 4.39 Å². The maximum absolute atomic E-state index is 15.0. The summed E-state index contributed by atoms with van der Waals surface area (Å²) < 4.78 is 73.9. The second kappa shape index (κ2) is 10.0. The number of rotatable bonds is 6. The molecule has 3 heterocycles. The van der Waals surface area contributed by atoms with Crippen LogP contribution < -0.4 is 4.90 Å². The smallest absolute Gasteiger partial charge is 0.409 e. The molecule has 0 unspecified atom stereocenters. The van der Waals surface area contributed by atoms with Crippen LogP contribution in [0, 0.1) is 17.6 Å². The van der Waals surface area contributed by atoms with E-state index < -0.39 is 50.0 Å². The lowest BCUT2D eigenvalue weighted by Crippen LogP contribution is -2.49. The van der Waals surface area contributed by atoms with Crippen LogP contribution in [0.3, 0.4) is 0 Å². The first-order chi connectivity index (χ1) is 14.7. The molecule has 0 bridgehead atoms. The van der Waals surface area contributed by atoms with E-state index in [2.05, 4.69) is 4.98 Å². The van der Waals surface area contributed by atoms with E-state index in [1.54, 1.807) is 11.8 Å². The third-order valence-corrected chi connectivity index (χ3v) is 7.22. The third-order valence-electron chi connectivity index (χ3n) is 5.52. The molecule has 0 N–H and O–H groups in total. The van der Waals surface area contributed by atoms with Gasteiger partial charge in [0.15, 0.2) is 27.3 Å². The Balaban J connectivity index is 1.70. The molecular weight excluding hydrogens is 437 g/mol. The summed E-state index contributed by atoms with van der Waals surface area (Å²) in [6.07, 6.45) is 1.97. The molecule has 0 atom stereocenters. The number of hydrogen-bond donors (Lipinski definition) is 0. The first-order valence-corrected chi connectivity index (χ1v) is 12.1. The van der Waals surface area contributed by atoms with Gasteiger partial charge < -0.3 is 14.5 Å². The molecule has 8 nitrogen and oxygen atoms in total. The number of carbonyl (C=O) groups excluding carboxylic acids is 1. The molecule has 0 saturated carbocycles. The highest BCUT2D eigenvalue weighted by atomic mass is 32.2. The van der Waals surface area contributed by atoms with Crippen LogP contribution in [0.4, 0.5) is 23.8 Å². The second-order valence-electron chi connectivity index (χ2n) is 7.58. The fraction of sp³-hybridized carbons (Fsp3) is 0.684. The minimum atomic E-state index is -4.45. The normalized spacial score (nSPS) is 18.3. The van der Waals surface area contributed by atoms with Gasteiger partial charge in [-0.15, -0.1) is 0 Å². The van der Waals surface area contributed by atoms with Gasteiger partial charge in [0.1, 0.15) is 4.90 Å². The number of amides is 1. The average Bonchev–Trinajstić information content (AvgIpc) is 2.76. The lowest BCUT2D eigenvalue weighted by atomic mass is 10.1. The predicted octanol–water partition coefficient (Wildman–Crippen LogP) is 2.04. The van der Waals surface area contributed by atoms with Crippen molar-refractivity contribution in [1.29, 1.82) is 0 Å². The first-order valence-electron chi connectivity index (χ1n) is 10.4. The molecule has 2 fully saturated rings. The Labute approximate surface area is 179 Å². The highest BCUT2D eigenvalue weighted by Gasteiger charge is 2.33. The van der Waals surface area contributed by atoms with Gasteiger partial charge in [-0.25, -0.2) is 22.0 Å². The van der Waals surface area contributed by atoms with Crippen LogP contribution in [0.5, 0.6) is 0 Å². The van der Waals surface area contributed by atoms with E-state index in [1.807, 2.05) is 0 Å². The van der Waals surface area contributed by atoms with Crippen LogP contribution in [-0.4, -0.2) is 87.5 Å². The Morgan fingerprint density at radius 2 is 1.65 bits per heavy atom. The number of ether oxygens (including phenoxy) is 1. The summed E-state index contributed by atoms with van der Waals surface area (Å²) in [6, 6.07) is 0. The van der Waals surface area contributed by atoms with Gasteiger partial charge in [-0.1, -0.05) is 0 Å². The molecule has 2 aliphatic heterocycles. The van der Waals surface area contributed by atoms with Crippen LogP contribution in [0.2, 0.25) is 0 Å². The van der Waals surface area contributed by atoms with Crippen LogP contribution in [0.15, 0.2) is 4.90 Å². The van der Waals surface area contributed by atoms with Gasteiger partial charge in [0.05, 0.1) is 12.4 Å². The summed E-state index contributed by atoms with van der Waals surface area (Å²) in [5, 5.41) is 0. The number of nitrogens with zero attached hydrogens (tertiary/aromatic N) is 4. The van der Waals surface area contributed by atoms with Crippen LogP contribution in [0.1, 0.15) is 26.2 Å². The van der Waals surface area contributed by atoms with Crippen molar-refractivity contribution in [2.75, 3.05) is 63.1 Å². The summed E-state index contributed by atoms with van der Waals surface area (Å²) in [5.41, 5.74) is 0. The summed E-state index contributed by atoms with van der Waals surface area (Å²) in [5.74, 6) is -5.79. The fourth-order valence-corrected chi connectivity index (χ4v) is 5.22. The molecule has 1 amide bonds. The zero-order valence-corrected chi connectivity index (χ0v) is 18.3. The minimum absolute atomic E-state index is 0.000861. The van der Waals surface area contributed by atoms with Gasteiger partial charge in [0.2, 0.25) is 0 Å². The third kappa shape index (κ3) is 5.40. The zero-order chi connectivity index (χ0) is 22.6. The van der Waals surface area contributed by atoms with Crippen molar-refractivity contribution in [3.63, 3.8) is 0 Å². The van der Waals surface area contributed by atoms with Gasteiger partial charge in [0.25, 0.3) is 5.95 Å². The summed E-state index contributed by atoms with van der Waals surface area (Å²) >= 11 is 0. The molecule has 31 heavy (non-hydrogen) atoms. The molecule has 1 aromatic heterocycles. The van der Waals surface area contributed by atoms with Gasteiger partial charge in [-0.2, -0.15) is 9.37 Å². The van der Waals surface area contributed by atoms with Crippen molar-refractivity contribution in [2.45, 2.75) is 31.1 Å². The number of hydrogen-bond acceptors (Lipinski definition) is 7. The number of piperidine rings is 1. The van der Waals surface area contributed by atoms with Crippen molar-refractivity contribution >= 4 is 21.7 Å². The minimum Gasteiger partial charge on any atom is -0.450 e. The van der Waals surface area contributed by atoms with E-state index in [0.29, 0.717) is 39.3 Å². The lowest BCUT2D eigenvalue weighted by molar-refractivity contribution is 0.0812. The number of pyridine rings is 1. The number of piperazine rings is 1. The highest BCUT2D eigenvalue weighted by Crippen LogP contribution is 2.30. The van der Waals surface area contributed by atoms with Gasteiger partial charge >= 0.3 is 6.09 Å². The Kier molecular flexibility index (Phi) is 7.63. The number of carbonyl (C=O) groups is 1. The molecule has 3 rings (SSSR count). The Bertz CT molecular complexity index is 902. The van der Waals surface area contributed by atoms with Crippen LogP contribution >= 0.6 is 0 Å². The van der Waals surface area contributed by atoms with Gasteiger partial charge in [-0.05, 0) is 26.2 Å². The SMILES string of the molecule is CCOC(=O)N1CCN(CCS(=O)(=O)c2c(F)c(F)nc(N3CCCCC3)c2F)CC1. The number of aromatic nitrogens is 1. The maximum Gasteiger partial charge on any atom is 0.409 e. The van der Waals surface area contributed by atoms with E-state index in [0.717, 1.165) is 19.3 Å². The fourth-order valence-electron chi connectivity index (χ4n) is 3.79. The molecule has 174 valence electrons. The van der Waals surface area contributed by atoms with Crippen molar-refractivity contribution in [1.82, 2.24) is 14.8 Å². The second-order valence-corrected chi connectivity index (χ2v) is 9.62. The standard InChI is InChI=1S/C19H27F3N4O4S/c1-2-30-19(27)26-10-8-24(9-11-26)12-13-31(28,29)16-14(20)17(22)23-18(15(16)21)25-6-4-3-5-7-25/h2-13H2,1H3. The Morgan fingerprint density at radius 3 is 2.26 bits per heavy atom. The van der Waals surface area contributed by atoms with Crippen molar-refractivity contribution in [2.24, 2.45) is 0 Å². The predicted molar refractivity (Wildman–Crippen MR) is 107 cm³/mol. The van der Waals surface area contributed by atoms with Crippen molar-refractivity contribution < 1.29 is 31.1 Å². The lowest BCUT2D eigenvalue weighted by Gasteiger charge is -2.33. The molecule has 0 aromatic carbocycles. The summed E-state index contributed by atoms with van der Waals surface area (Å²) in [4.78, 5) is 18.6. The Morgan fingerprint density at radius 1 is 1.00 bits per heavy atom. The highest BCUT2D eigenvalue weighted by molar-refractivity contribution is 7.91. The van der Waals surface area contributed by atoms with Gasteiger partial charge in [0, 0.05) is 45.8 Å². The maximum atomic E-state index is 15.0. The average molecular weight is 465 g/mol. The molecule has 1 aromatic rings. The molecule has 0 aliphatic carbocycles.